The van der Waals surface area contributed by atoms with Crippen molar-refractivity contribution in [1.29, 1.82) is 0 Å². The van der Waals surface area contributed by atoms with Crippen LogP contribution in [0.1, 0.15) is 49.8 Å². The van der Waals surface area contributed by atoms with Crippen molar-refractivity contribution in [1.82, 2.24) is 0 Å². The minimum atomic E-state index is -0.0342. The Bertz CT molecular complexity index is 886. The third kappa shape index (κ3) is 4.21. The minimum absolute atomic E-state index is 0.0342. The summed E-state index contributed by atoms with van der Waals surface area (Å²) in [5.74, 6) is 6.83. The van der Waals surface area contributed by atoms with E-state index in [4.69, 9.17) is 0 Å². The number of hydrogen-bond acceptors (Lipinski definition) is 2. The summed E-state index contributed by atoms with van der Waals surface area (Å²) in [6, 6.07) is 15.6. The van der Waals surface area contributed by atoms with Gasteiger partial charge in [-0.3, -0.25) is 9.59 Å². The highest BCUT2D eigenvalue weighted by atomic mass is 16.2. The molecule has 0 radical (unpaired) electrons. The lowest BCUT2D eigenvalue weighted by atomic mass is 10.0. The molecule has 2 aromatic rings. The first-order valence-electron chi connectivity index (χ1n) is 9.05. The Morgan fingerprint density at radius 1 is 0.962 bits per heavy atom. The van der Waals surface area contributed by atoms with Gasteiger partial charge in [-0.25, -0.2) is 0 Å². The van der Waals surface area contributed by atoms with Crippen LogP contribution in [0, 0.1) is 17.8 Å². The molecule has 2 aromatic carbocycles. The molecule has 1 aliphatic rings. The number of fused-ring (bicyclic) bond motifs is 2. The summed E-state index contributed by atoms with van der Waals surface area (Å²) in [5, 5.41) is 0. The number of amides is 1. The molecule has 0 N–H and O–H groups in total. The van der Waals surface area contributed by atoms with Crippen LogP contribution in [0.4, 0.5) is 5.69 Å². The monoisotopic (exact) mass is 345 g/mol. The van der Waals surface area contributed by atoms with Crippen molar-refractivity contribution in [3.8, 4) is 11.8 Å². The lowest BCUT2D eigenvalue weighted by Crippen LogP contribution is -2.32. The summed E-state index contributed by atoms with van der Waals surface area (Å²) in [6.07, 6.45) is 1.05. The highest BCUT2D eigenvalue weighted by molar-refractivity contribution is 5.97. The first-order chi connectivity index (χ1) is 12.5. The van der Waals surface area contributed by atoms with Gasteiger partial charge in [0, 0.05) is 30.4 Å². The van der Waals surface area contributed by atoms with Gasteiger partial charge in [0.1, 0.15) is 5.78 Å². The summed E-state index contributed by atoms with van der Waals surface area (Å²) >= 11 is 0. The lowest BCUT2D eigenvalue weighted by Gasteiger charge is -2.26. The number of carbonyl (C=O) groups is 2. The number of para-hydroxylation sites is 1. The zero-order valence-corrected chi connectivity index (χ0v) is 15.3. The Labute approximate surface area is 155 Å². The van der Waals surface area contributed by atoms with E-state index in [0.717, 1.165) is 22.4 Å². The first kappa shape index (κ1) is 17.9. The van der Waals surface area contributed by atoms with Crippen molar-refractivity contribution in [2.24, 2.45) is 5.92 Å². The van der Waals surface area contributed by atoms with Crippen LogP contribution in [0.25, 0.3) is 0 Å². The van der Waals surface area contributed by atoms with Crippen LogP contribution in [0.15, 0.2) is 48.5 Å². The van der Waals surface area contributed by atoms with Crippen molar-refractivity contribution >= 4 is 17.4 Å². The van der Waals surface area contributed by atoms with Gasteiger partial charge in [-0.2, -0.15) is 0 Å². The van der Waals surface area contributed by atoms with Gasteiger partial charge in [-0.15, -0.1) is 0 Å². The molecule has 0 aromatic heterocycles. The molecule has 3 rings (SSSR count). The molecule has 0 saturated heterocycles. The molecule has 0 fully saturated rings. The number of ketones is 1. The number of carbonyl (C=O) groups excluding carboxylic acids is 2. The maximum Gasteiger partial charge on any atom is 0.227 e. The maximum atomic E-state index is 13.0. The van der Waals surface area contributed by atoms with E-state index in [9.17, 15) is 9.59 Å². The van der Waals surface area contributed by atoms with Crippen molar-refractivity contribution in [2.45, 2.75) is 39.7 Å². The summed E-state index contributed by atoms with van der Waals surface area (Å²) in [6.45, 7) is 4.51. The van der Waals surface area contributed by atoms with Gasteiger partial charge in [0.2, 0.25) is 5.91 Å². The third-order valence-corrected chi connectivity index (χ3v) is 4.43. The molecule has 26 heavy (non-hydrogen) atoms. The average Bonchev–Trinajstić information content (AvgIpc) is 2.61. The molecular formula is C23H23NO2. The van der Waals surface area contributed by atoms with E-state index in [1.165, 1.54) is 0 Å². The normalized spacial score (nSPS) is 12.3. The number of anilines is 1. The van der Waals surface area contributed by atoms with E-state index in [0.29, 0.717) is 25.3 Å². The summed E-state index contributed by atoms with van der Waals surface area (Å²) in [7, 11) is 0. The smallest absolute Gasteiger partial charge is 0.227 e. The van der Waals surface area contributed by atoms with E-state index in [1.807, 2.05) is 62.4 Å². The molecule has 1 aliphatic heterocycles. The molecule has 0 saturated carbocycles. The molecule has 3 nitrogen and oxygen atoms in total. The molecular weight excluding hydrogens is 322 g/mol. The fourth-order valence-corrected chi connectivity index (χ4v) is 3.15. The zero-order chi connectivity index (χ0) is 18.5. The van der Waals surface area contributed by atoms with E-state index in [1.54, 1.807) is 4.90 Å². The Hall–Kier alpha value is -2.86. The standard InChI is InChI=1S/C23H23NO2/c1-17(2)15-21(25)13-14-23(26)24-16-20-9-4-3-7-18(20)11-12-19-8-5-6-10-22(19)24/h3-10,17H,13-16H2,1-2H3. The highest BCUT2D eigenvalue weighted by Gasteiger charge is 2.21. The van der Waals surface area contributed by atoms with Gasteiger partial charge in [-0.1, -0.05) is 56.0 Å². The van der Waals surface area contributed by atoms with E-state index >= 15 is 0 Å². The second-order valence-electron chi connectivity index (χ2n) is 7.04. The van der Waals surface area contributed by atoms with E-state index in [-0.39, 0.29) is 18.1 Å². The maximum absolute atomic E-state index is 13.0. The van der Waals surface area contributed by atoms with Crippen LogP contribution in [0.5, 0.6) is 0 Å². The first-order valence-corrected chi connectivity index (χ1v) is 9.05. The SMILES string of the molecule is CC(C)CC(=O)CCC(=O)N1Cc2ccccc2C#Cc2ccccc21. The van der Waals surface area contributed by atoms with Gasteiger partial charge in [0.25, 0.3) is 0 Å². The van der Waals surface area contributed by atoms with Crippen LogP contribution >= 0.6 is 0 Å². The van der Waals surface area contributed by atoms with Crippen LogP contribution in [0.3, 0.4) is 0 Å². The Morgan fingerprint density at radius 2 is 1.62 bits per heavy atom. The fourth-order valence-electron chi connectivity index (χ4n) is 3.15. The van der Waals surface area contributed by atoms with Gasteiger partial charge in [0.15, 0.2) is 0 Å². The lowest BCUT2D eigenvalue weighted by molar-refractivity contribution is -0.124. The molecule has 0 spiro atoms. The number of benzene rings is 2. The van der Waals surface area contributed by atoms with Crippen molar-refractivity contribution in [3.63, 3.8) is 0 Å². The van der Waals surface area contributed by atoms with Gasteiger partial charge >= 0.3 is 0 Å². The quantitative estimate of drug-likeness (QED) is 0.757. The fraction of sp³-hybridized carbons (Fsp3) is 0.304. The molecule has 0 unspecified atom stereocenters. The summed E-state index contributed by atoms with van der Waals surface area (Å²) in [5.41, 5.74) is 3.62. The van der Waals surface area contributed by atoms with Crippen LogP contribution in [0.2, 0.25) is 0 Å². The summed E-state index contributed by atoms with van der Waals surface area (Å²) in [4.78, 5) is 26.7. The largest absolute Gasteiger partial charge is 0.307 e. The highest BCUT2D eigenvalue weighted by Crippen LogP contribution is 2.26. The van der Waals surface area contributed by atoms with E-state index < -0.39 is 0 Å². The van der Waals surface area contributed by atoms with Crippen LogP contribution in [-0.4, -0.2) is 11.7 Å². The second kappa shape index (κ2) is 8.01. The average molecular weight is 345 g/mol. The van der Waals surface area contributed by atoms with Gasteiger partial charge in [-0.05, 0) is 29.7 Å². The number of Topliss-reactive ketones (excluding diaryl/α,β-unsaturated/α-hetero) is 1. The number of rotatable bonds is 5. The molecule has 1 heterocycles. The van der Waals surface area contributed by atoms with Crippen LogP contribution < -0.4 is 4.90 Å². The number of hydrogen-bond donors (Lipinski definition) is 0. The Balaban J connectivity index is 1.88. The predicted octanol–water partition coefficient (Wildman–Crippen LogP) is 4.33. The molecule has 132 valence electrons. The molecule has 3 heteroatoms. The van der Waals surface area contributed by atoms with Crippen molar-refractivity contribution in [2.75, 3.05) is 4.90 Å². The summed E-state index contributed by atoms with van der Waals surface area (Å²) < 4.78 is 0. The van der Waals surface area contributed by atoms with Crippen molar-refractivity contribution in [3.05, 3.63) is 65.2 Å². The minimum Gasteiger partial charge on any atom is -0.307 e. The molecule has 1 amide bonds. The Morgan fingerprint density at radius 3 is 2.38 bits per heavy atom. The van der Waals surface area contributed by atoms with Crippen LogP contribution in [-0.2, 0) is 16.1 Å². The zero-order valence-electron chi connectivity index (χ0n) is 15.3. The van der Waals surface area contributed by atoms with Gasteiger partial charge in [0.05, 0.1) is 12.2 Å². The van der Waals surface area contributed by atoms with Gasteiger partial charge < -0.3 is 4.90 Å². The Kier molecular flexibility index (Phi) is 5.53. The van der Waals surface area contributed by atoms with Crippen molar-refractivity contribution < 1.29 is 9.59 Å². The predicted molar refractivity (Wildman–Crippen MR) is 104 cm³/mol. The number of nitrogens with zero attached hydrogens (tertiary/aromatic N) is 1. The second-order valence-corrected chi connectivity index (χ2v) is 7.04. The topological polar surface area (TPSA) is 37.4 Å². The molecule has 0 atom stereocenters. The van der Waals surface area contributed by atoms with E-state index in [2.05, 4.69) is 11.8 Å². The molecule has 0 aliphatic carbocycles. The third-order valence-electron chi connectivity index (χ3n) is 4.43. The molecule has 0 bridgehead atoms.